The van der Waals surface area contributed by atoms with Gasteiger partial charge in [-0.25, -0.2) is 0 Å². The van der Waals surface area contributed by atoms with Crippen molar-refractivity contribution in [3.05, 3.63) is 29.8 Å². The lowest BCUT2D eigenvalue weighted by Crippen LogP contribution is -2.23. The minimum atomic E-state index is -0.947. The molecule has 2 N–H and O–H groups in total. The van der Waals surface area contributed by atoms with E-state index in [1.807, 2.05) is 6.07 Å². The number of aliphatic carboxylic acids is 1. The molecule has 23 heavy (non-hydrogen) atoms. The van der Waals surface area contributed by atoms with Crippen LogP contribution in [0, 0.1) is 0 Å². The van der Waals surface area contributed by atoms with Crippen molar-refractivity contribution >= 4 is 18.0 Å². The van der Waals surface area contributed by atoms with Crippen molar-refractivity contribution in [3.63, 3.8) is 0 Å². The van der Waals surface area contributed by atoms with Crippen molar-refractivity contribution in [3.8, 4) is 11.5 Å². The molecule has 1 amide bonds. The topological polar surface area (TPSA) is 84.9 Å². The number of carboxylic acids is 1. The van der Waals surface area contributed by atoms with Crippen molar-refractivity contribution in [1.82, 2.24) is 5.32 Å². The third-order valence-corrected chi connectivity index (χ3v) is 3.01. The van der Waals surface area contributed by atoms with E-state index in [4.69, 9.17) is 14.6 Å². The molecule has 1 aromatic carbocycles. The van der Waals surface area contributed by atoms with Gasteiger partial charge in [-0.05, 0) is 30.2 Å². The van der Waals surface area contributed by atoms with Crippen LogP contribution in [-0.4, -0.2) is 37.2 Å². The minimum Gasteiger partial charge on any atom is -0.493 e. The van der Waals surface area contributed by atoms with E-state index >= 15 is 0 Å². The molecule has 0 heterocycles. The summed E-state index contributed by atoms with van der Waals surface area (Å²) in [5.41, 5.74) is 0.790. The van der Waals surface area contributed by atoms with Gasteiger partial charge in [-0.2, -0.15) is 0 Å². The normalized spacial score (nSPS) is 10.5. The van der Waals surface area contributed by atoms with E-state index in [0.717, 1.165) is 18.4 Å². The molecule has 0 bridgehead atoms. The first-order chi connectivity index (χ1) is 11.1. The molecule has 0 aliphatic carbocycles. The molecule has 0 spiro atoms. The van der Waals surface area contributed by atoms with Gasteiger partial charge in [0, 0.05) is 12.6 Å². The number of amides is 1. The first kappa shape index (κ1) is 18.5. The Labute approximate surface area is 136 Å². The first-order valence-electron chi connectivity index (χ1n) is 7.55. The third kappa shape index (κ3) is 7.35. The van der Waals surface area contributed by atoms with Crippen LogP contribution in [0.15, 0.2) is 24.3 Å². The summed E-state index contributed by atoms with van der Waals surface area (Å²) in [5, 5.41) is 11.0. The fourth-order valence-corrected chi connectivity index (χ4v) is 1.76. The minimum absolute atomic E-state index is 0.100. The van der Waals surface area contributed by atoms with Crippen LogP contribution >= 0.6 is 0 Å². The Morgan fingerprint density at radius 1 is 1.30 bits per heavy atom. The van der Waals surface area contributed by atoms with Crippen molar-refractivity contribution in [2.75, 3.05) is 20.3 Å². The largest absolute Gasteiger partial charge is 0.493 e. The maximum Gasteiger partial charge on any atom is 0.305 e. The zero-order valence-corrected chi connectivity index (χ0v) is 13.5. The van der Waals surface area contributed by atoms with Crippen LogP contribution in [0.25, 0.3) is 6.08 Å². The molecular formula is C17H23NO5. The number of ether oxygens (including phenoxy) is 2. The van der Waals surface area contributed by atoms with Gasteiger partial charge >= 0.3 is 5.97 Å². The number of carbonyl (C=O) groups excluding carboxylic acids is 1. The molecule has 0 atom stereocenters. The fourth-order valence-electron chi connectivity index (χ4n) is 1.76. The molecule has 0 aliphatic rings. The molecule has 1 aromatic rings. The Balaban J connectivity index is 2.61. The summed E-state index contributed by atoms with van der Waals surface area (Å²) in [6, 6.07) is 5.41. The molecule has 6 heteroatoms. The van der Waals surface area contributed by atoms with E-state index in [1.54, 1.807) is 25.3 Å². The Morgan fingerprint density at radius 3 is 2.74 bits per heavy atom. The van der Waals surface area contributed by atoms with Crippen LogP contribution in [0.1, 0.15) is 31.7 Å². The molecule has 0 saturated carbocycles. The number of benzene rings is 1. The van der Waals surface area contributed by atoms with Crippen molar-refractivity contribution in [1.29, 1.82) is 0 Å². The van der Waals surface area contributed by atoms with E-state index in [0.29, 0.717) is 18.1 Å². The van der Waals surface area contributed by atoms with Gasteiger partial charge in [-0.15, -0.1) is 0 Å². The molecule has 6 nitrogen and oxygen atoms in total. The van der Waals surface area contributed by atoms with Crippen molar-refractivity contribution < 1.29 is 24.2 Å². The van der Waals surface area contributed by atoms with E-state index < -0.39 is 5.97 Å². The summed E-state index contributed by atoms with van der Waals surface area (Å²) in [6.45, 7) is 2.83. The van der Waals surface area contributed by atoms with Crippen LogP contribution in [0.3, 0.4) is 0 Å². The summed E-state index contributed by atoms with van der Waals surface area (Å²) >= 11 is 0. The predicted molar refractivity (Wildman–Crippen MR) is 87.7 cm³/mol. The van der Waals surface area contributed by atoms with Crippen LogP contribution in [0.2, 0.25) is 0 Å². The highest BCUT2D eigenvalue weighted by Crippen LogP contribution is 2.28. The number of carbonyl (C=O) groups is 2. The highest BCUT2D eigenvalue weighted by Gasteiger charge is 2.05. The molecule has 0 aromatic heterocycles. The van der Waals surface area contributed by atoms with Crippen molar-refractivity contribution in [2.24, 2.45) is 0 Å². The van der Waals surface area contributed by atoms with Gasteiger partial charge in [0.05, 0.1) is 20.1 Å². The third-order valence-electron chi connectivity index (χ3n) is 3.01. The summed E-state index contributed by atoms with van der Waals surface area (Å²) in [5.74, 6) is -0.00952. The molecule has 0 saturated heterocycles. The number of hydrogen-bond donors (Lipinski definition) is 2. The molecule has 0 aliphatic heterocycles. The number of hydrogen-bond acceptors (Lipinski definition) is 4. The van der Waals surface area contributed by atoms with Gasteiger partial charge < -0.3 is 19.9 Å². The van der Waals surface area contributed by atoms with Crippen LogP contribution in [0.5, 0.6) is 11.5 Å². The van der Waals surface area contributed by atoms with Crippen LogP contribution in [0.4, 0.5) is 0 Å². The Bertz CT molecular complexity index is 554. The summed E-state index contributed by atoms with van der Waals surface area (Å²) in [6.07, 6.45) is 4.92. The second kappa shape index (κ2) is 10.3. The lowest BCUT2D eigenvalue weighted by molar-refractivity contribution is -0.136. The Kier molecular flexibility index (Phi) is 8.28. The van der Waals surface area contributed by atoms with E-state index in [1.165, 1.54) is 6.08 Å². The Hall–Kier alpha value is -2.50. The number of rotatable bonds is 10. The molecule has 126 valence electrons. The van der Waals surface area contributed by atoms with E-state index in [-0.39, 0.29) is 18.9 Å². The predicted octanol–water partition coefficient (Wildman–Crippen LogP) is 2.48. The van der Waals surface area contributed by atoms with Crippen LogP contribution < -0.4 is 14.8 Å². The molecule has 0 unspecified atom stereocenters. The van der Waals surface area contributed by atoms with Gasteiger partial charge in [0.1, 0.15) is 0 Å². The highest BCUT2D eigenvalue weighted by atomic mass is 16.5. The van der Waals surface area contributed by atoms with E-state index in [9.17, 15) is 9.59 Å². The zero-order valence-electron chi connectivity index (χ0n) is 13.5. The van der Waals surface area contributed by atoms with Crippen LogP contribution in [-0.2, 0) is 9.59 Å². The second-order valence-electron chi connectivity index (χ2n) is 4.88. The Morgan fingerprint density at radius 2 is 2.09 bits per heavy atom. The number of methoxy groups -OCH3 is 1. The van der Waals surface area contributed by atoms with Gasteiger partial charge in [0.2, 0.25) is 5.91 Å². The van der Waals surface area contributed by atoms with Gasteiger partial charge in [0.25, 0.3) is 0 Å². The maximum atomic E-state index is 11.5. The maximum absolute atomic E-state index is 11.5. The average molecular weight is 321 g/mol. The monoisotopic (exact) mass is 321 g/mol. The van der Waals surface area contributed by atoms with Gasteiger partial charge in [-0.1, -0.05) is 19.4 Å². The smallest absolute Gasteiger partial charge is 0.305 e. The molecule has 0 fully saturated rings. The summed E-state index contributed by atoms with van der Waals surface area (Å²) in [7, 11) is 1.56. The van der Waals surface area contributed by atoms with Gasteiger partial charge in [-0.3, -0.25) is 9.59 Å². The second-order valence-corrected chi connectivity index (χ2v) is 4.88. The lowest BCUT2D eigenvalue weighted by atomic mass is 10.2. The van der Waals surface area contributed by atoms with Gasteiger partial charge in [0.15, 0.2) is 11.5 Å². The standard InChI is InChI=1S/C17H23NO5/c1-3-4-11-23-14-7-5-13(12-15(14)22-2)6-8-16(19)18-10-9-17(20)21/h5-8,12H,3-4,9-11H2,1-2H3,(H,18,19)(H,20,21)/b8-6+. The average Bonchev–Trinajstić information content (AvgIpc) is 2.53. The number of unbranched alkanes of at least 4 members (excludes halogenated alkanes) is 1. The quantitative estimate of drug-likeness (QED) is 0.511. The van der Waals surface area contributed by atoms with E-state index in [2.05, 4.69) is 12.2 Å². The first-order valence-corrected chi connectivity index (χ1v) is 7.55. The summed E-state index contributed by atoms with van der Waals surface area (Å²) < 4.78 is 10.9. The lowest BCUT2D eigenvalue weighted by Gasteiger charge is -2.10. The molecular weight excluding hydrogens is 298 g/mol. The number of nitrogens with one attached hydrogen (secondary N) is 1. The molecule has 0 radical (unpaired) electrons. The SMILES string of the molecule is CCCCOc1ccc(/C=C/C(=O)NCCC(=O)O)cc1OC. The fraction of sp³-hybridized carbons (Fsp3) is 0.412. The number of carboxylic acid groups (broad SMARTS) is 1. The van der Waals surface area contributed by atoms with Crippen molar-refractivity contribution in [2.45, 2.75) is 26.2 Å². The summed E-state index contributed by atoms with van der Waals surface area (Å²) in [4.78, 5) is 21.9. The molecule has 1 rings (SSSR count). The zero-order chi connectivity index (χ0) is 17.1. The highest BCUT2D eigenvalue weighted by molar-refractivity contribution is 5.92.